The first-order valence-corrected chi connectivity index (χ1v) is 17.7. The molecule has 3 amide bonds. The molecular formula is C35H53N8O6+. The van der Waals surface area contributed by atoms with Crippen LogP contribution in [0.4, 0.5) is 11.5 Å². The van der Waals surface area contributed by atoms with Crippen molar-refractivity contribution in [1.29, 1.82) is 0 Å². The predicted octanol–water partition coefficient (Wildman–Crippen LogP) is 2.24. The summed E-state index contributed by atoms with van der Waals surface area (Å²) in [6.45, 7) is 11.7. The van der Waals surface area contributed by atoms with Crippen LogP contribution in [0.5, 0.6) is 0 Å². The molecule has 14 nitrogen and oxygen atoms in total. The quantitative estimate of drug-likeness (QED) is 0.0971. The lowest BCUT2D eigenvalue weighted by atomic mass is 10.1. The van der Waals surface area contributed by atoms with E-state index in [-0.39, 0.29) is 43.2 Å². The second-order valence-corrected chi connectivity index (χ2v) is 13.3. The maximum absolute atomic E-state index is 12.1. The number of H-pyrrole nitrogens is 1. The van der Waals surface area contributed by atoms with Gasteiger partial charge in [0, 0.05) is 68.9 Å². The van der Waals surface area contributed by atoms with Gasteiger partial charge in [0.1, 0.15) is 28.4 Å². The maximum atomic E-state index is 12.1. The third-order valence-electron chi connectivity index (χ3n) is 9.59. The number of piperazine rings is 1. The number of likely N-dealkylation sites (N-methyl/N-ethyl adjacent to an activating group) is 1. The smallest absolute Gasteiger partial charge is 0.232 e. The van der Waals surface area contributed by atoms with E-state index >= 15 is 0 Å². The predicted molar refractivity (Wildman–Crippen MR) is 189 cm³/mol. The largest absolute Gasteiger partial charge is 0.382 e. The first-order chi connectivity index (χ1) is 23.7. The molecule has 5 rings (SSSR count). The van der Waals surface area contributed by atoms with Crippen molar-refractivity contribution < 1.29 is 28.6 Å². The second-order valence-electron chi connectivity index (χ2n) is 13.3. The van der Waals surface area contributed by atoms with Gasteiger partial charge in [0.25, 0.3) is 0 Å². The Bertz CT molecular complexity index is 1590. The van der Waals surface area contributed by atoms with E-state index in [0.29, 0.717) is 51.8 Å². The van der Waals surface area contributed by atoms with Crippen LogP contribution in [0.2, 0.25) is 0 Å². The molecule has 268 valence electrons. The minimum absolute atomic E-state index is 0.0716. The Hall–Kier alpha value is -3.69. The van der Waals surface area contributed by atoms with Crippen molar-refractivity contribution in [1.82, 2.24) is 34.6 Å². The molecule has 0 bridgehead atoms. The van der Waals surface area contributed by atoms with Gasteiger partial charge in [-0.3, -0.25) is 28.7 Å². The summed E-state index contributed by atoms with van der Waals surface area (Å²) in [6.07, 6.45) is 3.67. The number of rotatable bonds is 19. The Morgan fingerprint density at radius 2 is 1.78 bits per heavy atom. The molecule has 1 aromatic carbocycles. The van der Waals surface area contributed by atoms with Crippen LogP contribution < -0.4 is 15.5 Å². The minimum Gasteiger partial charge on any atom is -0.382 e. The summed E-state index contributed by atoms with van der Waals surface area (Å²) in [6, 6.07) is 6.48. The average Bonchev–Trinajstić information content (AvgIpc) is 3.63. The van der Waals surface area contributed by atoms with Gasteiger partial charge >= 0.3 is 0 Å². The van der Waals surface area contributed by atoms with E-state index < -0.39 is 0 Å². The van der Waals surface area contributed by atoms with Crippen molar-refractivity contribution in [3.05, 3.63) is 24.0 Å². The Balaban J connectivity index is 0.926. The fraction of sp³-hybridized carbons (Fsp3) is 0.629. The van der Waals surface area contributed by atoms with E-state index in [1.165, 1.54) is 10.6 Å². The zero-order valence-corrected chi connectivity index (χ0v) is 29.3. The van der Waals surface area contributed by atoms with E-state index in [2.05, 4.69) is 52.4 Å². The van der Waals surface area contributed by atoms with Crippen molar-refractivity contribution in [2.24, 2.45) is 5.92 Å². The summed E-state index contributed by atoms with van der Waals surface area (Å²) >= 11 is 0. The minimum atomic E-state index is -0.239. The number of ether oxygens (including phenoxy) is 3. The molecule has 0 aliphatic carbocycles. The van der Waals surface area contributed by atoms with E-state index in [1.54, 1.807) is 6.92 Å². The number of aryl methyl sites for hydroxylation is 1. The molecule has 4 heterocycles. The van der Waals surface area contributed by atoms with Gasteiger partial charge in [0.2, 0.25) is 17.7 Å². The Labute approximate surface area is 288 Å². The number of fused-ring (bicyclic) bond motifs is 3. The monoisotopic (exact) mass is 681 g/mol. The molecule has 0 saturated carbocycles. The average molecular weight is 682 g/mol. The van der Waals surface area contributed by atoms with Crippen LogP contribution in [0.15, 0.2) is 18.2 Å². The fourth-order valence-corrected chi connectivity index (χ4v) is 6.40. The molecule has 4 N–H and O–H groups in total. The summed E-state index contributed by atoms with van der Waals surface area (Å²) in [4.78, 5) is 52.4. The van der Waals surface area contributed by atoms with Gasteiger partial charge in [-0.1, -0.05) is 20.3 Å². The zero-order chi connectivity index (χ0) is 34.8. The number of hydrogen-bond acceptors (Lipinski definition) is 10. The number of carbonyl (C=O) groups is 3. The number of quaternary nitrogens is 1. The summed E-state index contributed by atoms with van der Waals surface area (Å²) in [5.41, 5.74) is 10.1. The first-order valence-electron chi connectivity index (χ1n) is 17.7. The van der Waals surface area contributed by atoms with E-state index in [9.17, 15) is 14.4 Å². The van der Waals surface area contributed by atoms with E-state index in [1.807, 2.05) is 0 Å². The topological polar surface area (TPSA) is 165 Å². The van der Waals surface area contributed by atoms with Gasteiger partial charge in [0.15, 0.2) is 0 Å². The molecule has 14 heteroatoms. The number of pyridine rings is 1. The lowest BCUT2D eigenvalue weighted by Crippen LogP contribution is -2.58. The van der Waals surface area contributed by atoms with Crippen LogP contribution in [0.3, 0.4) is 0 Å². The number of aromatic amines is 1. The third kappa shape index (κ3) is 9.51. The molecule has 2 aliphatic heterocycles. The van der Waals surface area contributed by atoms with Crippen molar-refractivity contribution in [2.75, 3.05) is 98.2 Å². The molecule has 0 spiro atoms. The van der Waals surface area contributed by atoms with Crippen LogP contribution in [-0.4, -0.2) is 135 Å². The Kier molecular flexibility index (Phi) is 12.9. The van der Waals surface area contributed by atoms with Crippen molar-refractivity contribution >= 4 is 51.2 Å². The second kappa shape index (κ2) is 17.3. The lowest BCUT2D eigenvalue weighted by Gasteiger charge is -2.41. The summed E-state index contributed by atoms with van der Waals surface area (Å²) in [5, 5.41) is 3.88. The van der Waals surface area contributed by atoms with Gasteiger partial charge in [-0.05, 0) is 12.5 Å². The van der Waals surface area contributed by atoms with Gasteiger partial charge in [0.05, 0.1) is 71.8 Å². The summed E-state index contributed by atoms with van der Waals surface area (Å²) in [5.74, 6) is 0.873. The Morgan fingerprint density at radius 3 is 2.51 bits per heavy atom. The van der Waals surface area contributed by atoms with Crippen LogP contribution >= 0.6 is 0 Å². The maximum Gasteiger partial charge on any atom is 0.232 e. The highest BCUT2D eigenvalue weighted by Gasteiger charge is 2.35. The molecule has 2 aromatic heterocycles. The third-order valence-corrected chi connectivity index (χ3v) is 9.59. The van der Waals surface area contributed by atoms with Crippen LogP contribution in [-0.2, 0) is 35.0 Å². The van der Waals surface area contributed by atoms with Crippen molar-refractivity contribution in [2.45, 2.75) is 46.0 Å². The number of likely N-dealkylation sites (tertiary alicyclic amines) is 1. The lowest BCUT2D eigenvalue weighted by molar-refractivity contribution is -0.140. The zero-order valence-electron chi connectivity index (χ0n) is 29.3. The number of imide groups is 1. The number of imidazole rings is 1. The Morgan fingerprint density at radius 1 is 1.04 bits per heavy atom. The number of nitrogens with zero attached hydrogens (tertiary/aromatic N) is 5. The summed E-state index contributed by atoms with van der Waals surface area (Å²) < 4.78 is 17.6. The number of unbranched alkanes of at least 4 members (excludes halogenated alkanes) is 1. The first kappa shape index (κ1) is 36.6. The van der Waals surface area contributed by atoms with Crippen LogP contribution in [0, 0.1) is 5.92 Å². The number of amides is 3. The van der Waals surface area contributed by atoms with Gasteiger partial charge in [-0.2, -0.15) is 0 Å². The number of benzene rings is 1. The molecule has 2 fully saturated rings. The van der Waals surface area contributed by atoms with Crippen LogP contribution in [0.25, 0.3) is 21.9 Å². The van der Waals surface area contributed by atoms with E-state index in [0.717, 1.165) is 84.2 Å². The molecule has 1 atom stereocenters. The molecular weight excluding hydrogens is 628 g/mol. The van der Waals surface area contributed by atoms with Crippen molar-refractivity contribution in [3.63, 3.8) is 0 Å². The highest BCUT2D eigenvalue weighted by atomic mass is 16.5. The summed E-state index contributed by atoms with van der Waals surface area (Å²) in [7, 11) is 2.29. The fourth-order valence-electron chi connectivity index (χ4n) is 6.40. The van der Waals surface area contributed by atoms with Crippen LogP contribution in [0.1, 0.15) is 45.4 Å². The van der Waals surface area contributed by atoms with Gasteiger partial charge in [-0.25, -0.2) is 9.97 Å². The number of hydrogen-bond donors (Lipinski definition) is 3. The number of anilines is 1. The number of aromatic nitrogens is 3. The highest BCUT2D eigenvalue weighted by molar-refractivity contribution is 6.07. The number of nitrogens with two attached hydrogens (primary N) is 1. The molecule has 49 heavy (non-hydrogen) atoms. The van der Waals surface area contributed by atoms with E-state index in [4.69, 9.17) is 24.9 Å². The molecule has 0 radical (unpaired) electrons. The highest BCUT2D eigenvalue weighted by Crippen LogP contribution is 2.32. The molecule has 1 unspecified atom stereocenters. The van der Waals surface area contributed by atoms with Gasteiger partial charge < -0.3 is 30.2 Å². The molecule has 2 saturated heterocycles. The number of carbonyl (C=O) groups excluding carboxylic acids is 3. The van der Waals surface area contributed by atoms with Crippen molar-refractivity contribution in [3.8, 4) is 0 Å². The normalized spacial score (nSPS) is 18.3. The number of nitrogens with one attached hydrogen (secondary N) is 2. The SMILES string of the molecule is CCCCc1nc2c([nH]1)c(N)nc1ccc([N+]3(C)CCN(CCOCCC(=O)NCCOCCOCCN4C(=O)CC(C)C4=O)CC3)cc12. The standard InChI is InChI=1S/C35H52N8O6/c1-4-5-6-29-39-32-27-24-26(7-8-28(27)38-34(36)33(32)40-29)43(3)15-11-41(12-16-43)13-19-47-17-9-30(44)37-10-18-48-21-22-49-20-14-42-31(45)23-25(2)35(42)46/h7-8,24-25H,4-6,9-23H2,1-3H3,(H3-,36,37,38,39,40,44)/p+1. The van der Waals surface area contributed by atoms with Gasteiger partial charge in [-0.15, -0.1) is 0 Å². The molecule has 2 aliphatic rings. The number of nitrogen functional groups attached to an aromatic ring is 1. The molecule has 3 aromatic rings.